The predicted octanol–water partition coefficient (Wildman–Crippen LogP) is 1.44. The number of aliphatic imine (C=N–C) groups is 1. The van der Waals surface area contributed by atoms with Gasteiger partial charge in [-0.05, 0) is 71.8 Å². The molecule has 0 atom stereocenters. The van der Waals surface area contributed by atoms with Crippen molar-refractivity contribution < 1.29 is 4.79 Å². The summed E-state index contributed by atoms with van der Waals surface area (Å²) in [6.45, 7) is 7.91. The highest BCUT2D eigenvalue weighted by Gasteiger charge is 2.41. The number of nitrogens with zero attached hydrogens (tertiary/aromatic N) is 5. The molecule has 1 saturated carbocycles. The Balaban J connectivity index is 0.00000240. The molecule has 3 heterocycles. The molecule has 3 aliphatic heterocycles. The summed E-state index contributed by atoms with van der Waals surface area (Å²) in [6, 6.07) is 0.520. The molecule has 29 heavy (non-hydrogen) atoms. The van der Waals surface area contributed by atoms with Crippen LogP contribution in [-0.4, -0.2) is 110 Å². The van der Waals surface area contributed by atoms with Crippen LogP contribution in [0.4, 0.5) is 0 Å². The normalized spacial score (nSPS) is 27.0. The van der Waals surface area contributed by atoms with Crippen molar-refractivity contribution in [3.05, 3.63) is 0 Å². The molecule has 0 radical (unpaired) electrons. The molecule has 3 saturated heterocycles. The number of amides is 1. The van der Waals surface area contributed by atoms with Crippen molar-refractivity contribution in [3.63, 3.8) is 0 Å². The maximum Gasteiger partial charge on any atom is 0.242 e. The van der Waals surface area contributed by atoms with Gasteiger partial charge in [0.2, 0.25) is 5.91 Å². The molecule has 0 aromatic heterocycles. The highest BCUT2D eigenvalue weighted by molar-refractivity contribution is 14.0. The molecule has 4 rings (SSSR count). The molecule has 4 aliphatic rings. The highest BCUT2D eigenvalue weighted by Crippen LogP contribution is 2.31. The lowest BCUT2D eigenvalue weighted by Crippen LogP contribution is -2.63. The predicted molar refractivity (Wildman–Crippen MR) is 128 cm³/mol. The molecule has 7 nitrogen and oxygen atoms in total. The Bertz CT molecular complexity index is 582. The van der Waals surface area contributed by atoms with Gasteiger partial charge in [0, 0.05) is 38.3 Å². The molecule has 8 heteroatoms. The van der Waals surface area contributed by atoms with Crippen molar-refractivity contribution >= 4 is 35.8 Å². The zero-order valence-corrected chi connectivity index (χ0v) is 20.6. The number of piperidine rings is 2. The fourth-order valence-electron chi connectivity index (χ4n) is 5.22. The van der Waals surface area contributed by atoms with Crippen molar-refractivity contribution in [2.24, 2.45) is 4.99 Å². The summed E-state index contributed by atoms with van der Waals surface area (Å²) in [5, 5.41) is 3.69. The molecule has 1 amide bonds. The molecule has 1 N–H and O–H groups in total. The molecular formula is C21H39IN6O. The van der Waals surface area contributed by atoms with Crippen LogP contribution in [0.5, 0.6) is 0 Å². The van der Waals surface area contributed by atoms with E-state index < -0.39 is 0 Å². The van der Waals surface area contributed by atoms with Crippen LogP contribution in [0.3, 0.4) is 0 Å². The Hall–Kier alpha value is -0.610. The molecule has 0 spiro atoms. The summed E-state index contributed by atoms with van der Waals surface area (Å²) in [5.41, 5.74) is 0.225. The number of carbonyl (C=O) groups is 1. The summed E-state index contributed by atoms with van der Waals surface area (Å²) >= 11 is 0. The van der Waals surface area contributed by atoms with Crippen molar-refractivity contribution in [3.8, 4) is 0 Å². The number of carbonyl (C=O) groups excluding carboxylic acids is 1. The number of hydrogen-bond donors (Lipinski definition) is 1. The third-order valence-electron chi connectivity index (χ3n) is 7.28. The lowest BCUT2D eigenvalue weighted by atomic mass is 9.84. The zero-order valence-electron chi connectivity index (χ0n) is 18.2. The number of likely N-dealkylation sites (tertiary alicyclic amines) is 2. The van der Waals surface area contributed by atoms with Crippen LogP contribution < -0.4 is 5.32 Å². The van der Waals surface area contributed by atoms with Crippen LogP contribution in [-0.2, 0) is 4.79 Å². The quantitative estimate of drug-likeness (QED) is 0.347. The van der Waals surface area contributed by atoms with Gasteiger partial charge in [0.05, 0.1) is 6.54 Å². The Morgan fingerprint density at radius 2 is 1.76 bits per heavy atom. The second-order valence-corrected chi connectivity index (χ2v) is 9.22. The Morgan fingerprint density at radius 3 is 2.34 bits per heavy atom. The Labute approximate surface area is 193 Å². The maximum absolute atomic E-state index is 12.5. The van der Waals surface area contributed by atoms with Gasteiger partial charge < -0.3 is 20.0 Å². The molecule has 4 fully saturated rings. The Morgan fingerprint density at radius 1 is 1.07 bits per heavy atom. The zero-order chi connectivity index (χ0) is 19.6. The average molecular weight is 518 g/mol. The van der Waals surface area contributed by atoms with E-state index >= 15 is 0 Å². The lowest BCUT2D eigenvalue weighted by molar-refractivity contribution is -0.135. The summed E-state index contributed by atoms with van der Waals surface area (Å²) in [7, 11) is 4.08. The fourth-order valence-corrected chi connectivity index (χ4v) is 5.22. The van der Waals surface area contributed by atoms with E-state index in [0.717, 1.165) is 38.7 Å². The molecule has 0 aromatic carbocycles. The van der Waals surface area contributed by atoms with Gasteiger partial charge in [-0.25, -0.2) is 0 Å². The standard InChI is InChI=1S/C21H38N6O.HI/c1-22-20(25-14-15-27(18-6-7-18)19(28)16-25)23-17-21(8-12-24(2)13-9-21)26-10-4-3-5-11-26;/h18H,3-17H2,1-2H3,(H,22,23);1H. The van der Waals surface area contributed by atoms with Crippen LogP contribution in [0.2, 0.25) is 0 Å². The third kappa shape index (κ3) is 5.36. The molecule has 0 bridgehead atoms. The van der Waals surface area contributed by atoms with Crippen molar-refractivity contribution in [1.29, 1.82) is 0 Å². The summed E-state index contributed by atoms with van der Waals surface area (Å²) < 4.78 is 0. The van der Waals surface area contributed by atoms with E-state index in [9.17, 15) is 4.79 Å². The molecule has 1 aliphatic carbocycles. The third-order valence-corrected chi connectivity index (χ3v) is 7.28. The first-order chi connectivity index (χ1) is 13.6. The minimum atomic E-state index is 0. The molecule has 166 valence electrons. The van der Waals surface area contributed by atoms with Crippen LogP contribution in [0.1, 0.15) is 44.9 Å². The second kappa shape index (κ2) is 10.1. The minimum absolute atomic E-state index is 0. The molecule has 0 aromatic rings. The lowest BCUT2D eigenvalue weighted by Gasteiger charge is -2.50. The van der Waals surface area contributed by atoms with Crippen molar-refractivity contribution in [2.75, 3.05) is 66.5 Å². The van der Waals surface area contributed by atoms with Crippen LogP contribution in [0, 0.1) is 0 Å². The number of nitrogens with one attached hydrogen (secondary N) is 1. The highest BCUT2D eigenvalue weighted by atomic mass is 127. The Kier molecular flexibility index (Phi) is 8.06. The summed E-state index contributed by atoms with van der Waals surface area (Å²) in [4.78, 5) is 26.5. The SMILES string of the molecule is CN=C(NCC1(N2CCCCC2)CCN(C)CC1)N1CCN(C2CC2)C(=O)C1.I. The van der Waals surface area contributed by atoms with E-state index in [0.29, 0.717) is 12.6 Å². The number of rotatable bonds is 4. The van der Waals surface area contributed by atoms with E-state index in [1.807, 2.05) is 7.05 Å². The van der Waals surface area contributed by atoms with Crippen molar-refractivity contribution in [2.45, 2.75) is 56.5 Å². The van der Waals surface area contributed by atoms with Gasteiger partial charge >= 0.3 is 0 Å². The van der Waals surface area contributed by atoms with E-state index in [4.69, 9.17) is 0 Å². The van der Waals surface area contributed by atoms with E-state index in [1.165, 1.54) is 58.0 Å². The van der Waals surface area contributed by atoms with Crippen LogP contribution in [0.25, 0.3) is 0 Å². The van der Waals surface area contributed by atoms with Crippen molar-refractivity contribution in [1.82, 2.24) is 24.9 Å². The number of piperazine rings is 1. The van der Waals surface area contributed by atoms with Gasteiger partial charge in [0.25, 0.3) is 0 Å². The van der Waals surface area contributed by atoms with E-state index in [-0.39, 0.29) is 35.4 Å². The topological polar surface area (TPSA) is 54.4 Å². The fraction of sp³-hybridized carbons (Fsp3) is 0.905. The minimum Gasteiger partial charge on any atom is -0.354 e. The summed E-state index contributed by atoms with van der Waals surface area (Å²) in [5.74, 6) is 1.17. The van der Waals surface area contributed by atoms with E-state index in [2.05, 4.69) is 37.0 Å². The van der Waals surface area contributed by atoms with Gasteiger partial charge in [0.1, 0.15) is 0 Å². The van der Waals surface area contributed by atoms with Gasteiger partial charge in [0.15, 0.2) is 5.96 Å². The molecule has 0 unspecified atom stereocenters. The number of halogens is 1. The summed E-state index contributed by atoms with van der Waals surface area (Å²) in [6.07, 6.45) is 8.81. The van der Waals surface area contributed by atoms with Gasteiger partial charge in [-0.2, -0.15) is 0 Å². The van der Waals surface area contributed by atoms with E-state index in [1.54, 1.807) is 0 Å². The largest absolute Gasteiger partial charge is 0.354 e. The van der Waals surface area contributed by atoms with Gasteiger partial charge in [-0.15, -0.1) is 24.0 Å². The molecular weight excluding hydrogens is 479 g/mol. The first-order valence-electron chi connectivity index (χ1n) is 11.3. The van der Waals surface area contributed by atoms with Crippen LogP contribution >= 0.6 is 24.0 Å². The van der Waals surface area contributed by atoms with Gasteiger partial charge in [-0.3, -0.25) is 14.7 Å². The maximum atomic E-state index is 12.5. The smallest absolute Gasteiger partial charge is 0.242 e. The number of hydrogen-bond acceptors (Lipinski definition) is 4. The van der Waals surface area contributed by atoms with Gasteiger partial charge in [-0.1, -0.05) is 6.42 Å². The average Bonchev–Trinajstić information content (AvgIpc) is 3.56. The number of guanidine groups is 1. The first kappa shape index (κ1) is 23.1. The van der Waals surface area contributed by atoms with Crippen LogP contribution in [0.15, 0.2) is 4.99 Å². The first-order valence-corrected chi connectivity index (χ1v) is 11.3. The monoisotopic (exact) mass is 518 g/mol. The second-order valence-electron chi connectivity index (χ2n) is 9.22.